The molecule has 1 aromatic heterocycles. The molecule has 0 aliphatic carbocycles. The summed E-state index contributed by atoms with van der Waals surface area (Å²) in [7, 11) is 0. The number of halogens is 1. The minimum atomic E-state index is -0.338. The molecule has 0 aliphatic heterocycles. The molecular formula is C15H17BrN4O. The van der Waals surface area contributed by atoms with Crippen LogP contribution < -0.4 is 5.43 Å². The van der Waals surface area contributed by atoms with Crippen molar-refractivity contribution in [3.63, 3.8) is 0 Å². The van der Waals surface area contributed by atoms with Crippen molar-refractivity contribution in [2.75, 3.05) is 0 Å². The minimum Gasteiger partial charge on any atom is -0.281 e. The summed E-state index contributed by atoms with van der Waals surface area (Å²) < 4.78 is 0.995. The maximum atomic E-state index is 11.9. The van der Waals surface area contributed by atoms with E-state index in [4.69, 9.17) is 0 Å². The van der Waals surface area contributed by atoms with E-state index in [2.05, 4.69) is 36.7 Å². The van der Waals surface area contributed by atoms with Crippen molar-refractivity contribution in [1.82, 2.24) is 15.6 Å². The molecule has 0 fully saturated rings. The standard InChI is InChI=1S/C15H17BrN4O/c1-15(2,3)13-8-12(18-19-13)14(21)20-17-9-10-4-6-11(16)7-5-10/h4-9H,1-3H3,(H,18,19)(H,20,21)/b17-9+. The molecule has 2 N–H and O–H groups in total. The Labute approximate surface area is 132 Å². The Bertz CT molecular complexity index is 653. The quantitative estimate of drug-likeness (QED) is 0.660. The van der Waals surface area contributed by atoms with E-state index >= 15 is 0 Å². The average Bonchev–Trinajstić information content (AvgIpc) is 2.90. The summed E-state index contributed by atoms with van der Waals surface area (Å²) >= 11 is 3.36. The van der Waals surface area contributed by atoms with Crippen molar-refractivity contribution in [2.24, 2.45) is 5.10 Å². The van der Waals surface area contributed by atoms with Crippen molar-refractivity contribution in [3.05, 3.63) is 51.8 Å². The topological polar surface area (TPSA) is 70.1 Å². The van der Waals surface area contributed by atoms with Crippen LogP contribution in [0.2, 0.25) is 0 Å². The van der Waals surface area contributed by atoms with Gasteiger partial charge >= 0.3 is 0 Å². The number of hydrogen-bond acceptors (Lipinski definition) is 3. The van der Waals surface area contributed by atoms with Crippen LogP contribution in [0.3, 0.4) is 0 Å². The van der Waals surface area contributed by atoms with Crippen LogP contribution in [0, 0.1) is 0 Å². The van der Waals surface area contributed by atoms with E-state index in [0.29, 0.717) is 5.69 Å². The number of H-pyrrole nitrogens is 1. The van der Waals surface area contributed by atoms with E-state index in [1.54, 1.807) is 12.3 Å². The van der Waals surface area contributed by atoms with Crippen LogP contribution in [-0.2, 0) is 5.41 Å². The van der Waals surface area contributed by atoms with E-state index in [9.17, 15) is 4.79 Å². The zero-order valence-electron chi connectivity index (χ0n) is 12.1. The monoisotopic (exact) mass is 348 g/mol. The number of carbonyl (C=O) groups excluding carboxylic acids is 1. The second-order valence-electron chi connectivity index (χ2n) is 5.67. The van der Waals surface area contributed by atoms with E-state index < -0.39 is 0 Å². The summed E-state index contributed by atoms with van der Waals surface area (Å²) in [6, 6.07) is 9.35. The summed E-state index contributed by atoms with van der Waals surface area (Å²) in [6.07, 6.45) is 1.58. The zero-order valence-corrected chi connectivity index (χ0v) is 13.7. The van der Waals surface area contributed by atoms with E-state index in [1.165, 1.54) is 0 Å². The van der Waals surface area contributed by atoms with Gasteiger partial charge in [0.2, 0.25) is 0 Å². The Hall–Kier alpha value is -1.95. The minimum absolute atomic E-state index is 0.0772. The normalized spacial score (nSPS) is 11.8. The van der Waals surface area contributed by atoms with Crippen molar-refractivity contribution in [3.8, 4) is 0 Å². The van der Waals surface area contributed by atoms with Gasteiger partial charge in [0.1, 0.15) is 0 Å². The summed E-state index contributed by atoms with van der Waals surface area (Å²) in [5, 5.41) is 10.8. The molecule has 2 rings (SSSR count). The summed E-state index contributed by atoms with van der Waals surface area (Å²) in [6.45, 7) is 6.15. The van der Waals surface area contributed by atoms with Crippen LogP contribution >= 0.6 is 15.9 Å². The van der Waals surface area contributed by atoms with Gasteiger partial charge < -0.3 is 0 Å². The number of nitrogens with zero attached hydrogens (tertiary/aromatic N) is 2. The van der Waals surface area contributed by atoms with Crippen LogP contribution in [0.1, 0.15) is 42.5 Å². The van der Waals surface area contributed by atoms with E-state index in [0.717, 1.165) is 15.7 Å². The largest absolute Gasteiger partial charge is 0.291 e. The number of hydrazone groups is 1. The molecule has 0 atom stereocenters. The predicted molar refractivity (Wildman–Crippen MR) is 86.5 cm³/mol. The first-order valence-corrected chi connectivity index (χ1v) is 7.30. The fraction of sp³-hybridized carbons (Fsp3) is 0.267. The van der Waals surface area contributed by atoms with Crippen LogP contribution in [0.15, 0.2) is 39.9 Å². The highest BCUT2D eigenvalue weighted by molar-refractivity contribution is 9.10. The molecule has 1 amide bonds. The Kier molecular flexibility index (Phi) is 4.57. The van der Waals surface area contributed by atoms with Crippen LogP contribution in [0.5, 0.6) is 0 Å². The van der Waals surface area contributed by atoms with Gasteiger partial charge in [-0.3, -0.25) is 9.89 Å². The molecule has 0 unspecified atom stereocenters. The Morgan fingerprint density at radius 1 is 1.33 bits per heavy atom. The smallest absolute Gasteiger partial charge is 0.281 e. The first-order chi connectivity index (χ1) is 9.86. The maximum Gasteiger partial charge on any atom is 0.291 e. The van der Waals surface area contributed by atoms with Crippen molar-refractivity contribution < 1.29 is 4.79 Å². The second-order valence-corrected chi connectivity index (χ2v) is 6.58. The van der Waals surface area contributed by atoms with Crippen molar-refractivity contribution in [2.45, 2.75) is 26.2 Å². The number of carbonyl (C=O) groups is 1. The van der Waals surface area contributed by atoms with Crippen LogP contribution in [0.4, 0.5) is 0 Å². The third-order valence-electron chi connectivity index (χ3n) is 2.87. The van der Waals surface area contributed by atoms with Gasteiger partial charge in [-0.15, -0.1) is 0 Å². The number of hydrogen-bond donors (Lipinski definition) is 2. The molecule has 1 heterocycles. The third kappa shape index (κ3) is 4.26. The Morgan fingerprint density at radius 3 is 2.57 bits per heavy atom. The predicted octanol–water partition coefficient (Wildman–Crippen LogP) is 3.23. The zero-order chi connectivity index (χ0) is 15.5. The lowest BCUT2D eigenvalue weighted by atomic mass is 9.92. The highest BCUT2D eigenvalue weighted by Gasteiger charge is 2.18. The first kappa shape index (κ1) is 15.4. The number of benzene rings is 1. The second kappa shape index (κ2) is 6.22. The van der Waals surface area contributed by atoms with Crippen LogP contribution in [-0.4, -0.2) is 22.3 Å². The summed E-state index contributed by atoms with van der Waals surface area (Å²) in [4.78, 5) is 11.9. The fourth-order valence-corrected chi connectivity index (χ4v) is 1.86. The fourth-order valence-electron chi connectivity index (χ4n) is 1.59. The molecule has 0 saturated carbocycles. The number of amides is 1. The third-order valence-corrected chi connectivity index (χ3v) is 3.40. The number of aromatic amines is 1. The lowest BCUT2D eigenvalue weighted by molar-refractivity contribution is 0.0950. The van der Waals surface area contributed by atoms with E-state index in [-0.39, 0.29) is 11.3 Å². The molecule has 5 nitrogen and oxygen atoms in total. The molecule has 0 aliphatic rings. The summed E-state index contributed by atoms with van der Waals surface area (Å²) in [5.41, 5.74) is 4.52. The van der Waals surface area contributed by atoms with Gasteiger partial charge in [0.15, 0.2) is 5.69 Å². The van der Waals surface area contributed by atoms with Gasteiger partial charge in [0.05, 0.1) is 6.21 Å². The van der Waals surface area contributed by atoms with Gasteiger partial charge in [-0.1, -0.05) is 48.8 Å². The van der Waals surface area contributed by atoms with E-state index in [1.807, 2.05) is 45.0 Å². The molecule has 0 spiro atoms. The molecule has 0 radical (unpaired) electrons. The van der Waals surface area contributed by atoms with Crippen LogP contribution in [0.25, 0.3) is 0 Å². The number of aromatic nitrogens is 2. The lowest BCUT2D eigenvalue weighted by Crippen LogP contribution is -2.18. The number of rotatable bonds is 3. The molecule has 0 saturated heterocycles. The van der Waals surface area contributed by atoms with Gasteiger partial charge in [0.25, 0.3) is 5.91 Å². The molecule has 0 bridgehead atoms. The van der Waals surface area contributed by atoms with Gasteiger partial charge in [0, 0.05) is 15.6 Å². The molecule has 110 valence electrons. The average molecular weight is 349 g/mol. The van der Waals surface area contributed by atoms with Crippen molar-refractivity contribution >= 4 is 28.1 Å². The van der Waals surface area contributed by atoms with Gasteiger partial charge in [-0.2, -0.15) is 10.2 Å². The maximum absolute atomic E-state index is 11.9. The number of nitrogens with one attached hydrogen (secondary N) is 2. The summed E-state index contributed by atoms with van der Waals surface area (Å²) in [5.74, 6) is -0.338. The highest BCUT2D eigenvalue weighted by Crippen LogP contribution is 2.20. The van der Waals surface area contributed by atoms with Gasteiger partial charge in [-0.05, 0) is 23.8 Å². The van der Waals surface area contributed by atoms with Crippen molar-refractivity contribution in [1.29, 1.82) is 0 Å². The Morgan fingerprint density at radius 2 is 2.00 bits per heavy atom. The molecule has 6 heteroatoms. The molecule has 21 heavy (non-hydrogen) atoms. The Balaban J connectivity index is 1.98. The first-order valence-electron chi connectivity index (χ1n) is 6.51. The molecule has 1 aromatic carbocycles. The molecular weight excluding hydrogens is 332 g/mol. The molecule has 2 aromatic rings. The lowest BCUT2D eigenvalue weighted by Gasteiger charge is -2.14. The van der Waals surface area contributed by atoms with Gasteiger partial charge in [-0.25, -0.2) is 5.43 Å². The highest BCUT2D eigenvalue weighted by atomic mass is 79.9. The SMILES string of the molecule is CC(C)(C)c1cc(C(=O)N/N=C/c2ccc(Br)cc2)n[nH]1.